The summed E-state index contributed by atoms with van der Waals surface area (Å²) in [4.78, 5) is 0. The Morgan fingerprint density at radius 3 is 2.52 bits per heavy atom. The standard InChI is InChI=1S/C27H44/c1-20(2)10-8-12-22(4)25-17-18-26-24(14-9-19-27(25,26)5)16-15-23-13-7-6-11-21(23)3/h15-16,20,22,25-26H,3,6-14,17-19H2,1-2,4-5H3/b23-15?,24-16+/t22-,25-,26+,27-/m1/s1. The Balaban J connectivity index is 1.69. The minimum atomic E-state index is 0.559. The van der Waals surface area contributed by atoms with E-state index in [1.54, 1.807) is 5.57 Å². The topological polar surface area (TPSA) is 0 Å². The summed E-state index contributed by atoms with van der Waals surface area (Å²) in [6.07, 6.45) is 21.5. The van der Waals surface area contributed by atoms with Crippen LogP contribution in [0.3, 0.4) is 0 Å². The Hall–Kier alpha value is -0.780. The summed E-state index contributed by atoms with van der Waals surface area (Å²) in [6, 6.07) is 0. The van der Waals surface area contributed by atoms with Crippen molar-refractivity contribution >= 4 is 0 Å². The van der Waals surface area contributed by atoms with Crippen molar-refractivity contribution in [2.75, 3.05) is 0 Å². The van der Waals surface area contributed by atoms with Gasteiger partial charge in [-0.25, -0.2) is 0 Å². The van der Waals surface area contributed by atoms with E-state index < -0.39 is 0 Å². The fourth-order valence-corrected chi connectivity index (χ4v) is 6.66. The molecule has 0 heterocycles. The molecule has 0 aromatic heterocycles. The molecule has 0 amide bonds. The number of allylic oxidation sites excluding steroid dienone is 5. The summed E-state index contributed by atoms with van der Waals surface area (Å²) in [5.74, 6) is 3.54. The van der Waals surface area contributed by atoms with Gasteiger partial charge in [0.15, 0.2) is 0 Å². The average Bonchev–Trinajstić information content (AvgIpc) is 2.98. The minimum absolute atomic E-state index is 0.559. The molecule has 0 saturated heterocycles. The van der Waals surface area contributed by atoms with Crippen LogP contribution in [0, 0.1) is 29.1 Å². The lowest BCUT2D eigenvalue weighted by Gasteiger charge is -2.44. The van der Waals surface area contributed by atoms with Crippen molar-refractivity contribution in [1.29, 1.82) is 0 Å². The highest BCUT2D eigenvalue weighted by molar-refractivity contribution is 5.35. The minimum Gasteiger partial charge on any atom is -0.0956 e. The molecule has 0 spiro atoms. The first kappa shape index (κ1) is 20.9. The second-order valence-corrected chi connectivity index (χ2v) is 10.6. The molecule has 3 rings (SSSR count). The fraction of sp³-hybridized carbons (Fsp3) is 0.778. The third-order valence-electron chi connectivity index (χ3n) is 8.29. The zero-order valence-electron chi connectivity index (χ0n) is 18.7. The van der Waals surface area contributed by atoms with Gasteiger partial charge in [-0.15, -0.1) is 0 Å². The lowest BCUT2D eigenvalue weighted by Crippen LogP contribution is -2.36. The molecule has 0 aromatic carbocycles. The Morgan fingerprint density at radius 1 is 1.00 bits per heavy atom. The largest absolute Gasteiger partial charge is 0.0956 e. The van der Waals surface area contributed by atoms with E-state index in [1.165, 1.54) is 88.2 Å². The van der Waals surface area contributed by atoms with Crippen LogP contribution in [0.4, 0.5) is 0 Å². The summed E-state index contributed by atoms with van der Waals surface area (Å²) in [7, 11) is 0. The highest BCUT2D eigenvalue weighted by atomic mass is 14.5. The normalized spacial score (nSPS) is 35.8. The first-order valence-electron chi connectivity index (χ1n) is 12.0. The summed E-state index contributed by atoms with van der Waals surface area (Å²) in [6.45, 7) is 14.3. The molecule has 0 aliphatic heterocycles. The van der Waals surface area contributed by atoms with Crippen LogP contribution < -0.4 is 0 Å². The average molecular weight is 369 g/mol. The van der Waals surface area contributed by atoms with Crippen LogP contribution in [-0.2, 0) is 0 Å². The number of hydrogen-bond donors (Lipinski definition) is 0. The molecule has 0 unspecified atom stereocenters. The Morgan fingerprint density at radius 2 is 1.78 bits per heavy atom. The summed E-state index contributed by atoms with van der Waals surface area (Å²) < 4.78 is 0. The third kappa shape index (κ3) is 4.80. The molecule has 0 heteroatoms. The predicted octanol–water partition coefficient (Wildman–Crippen LogP) is 8.65. The summed E-state index contributed by atoms with van der Waals surface area (Å²) in [5.41, 5.74) is 5.27. The van der Waals surface area contributed by atoms with Crippen LogP contribution >= 0.6 is 0 Å². The van der Waals surface area contributed by atoms with Gasteiger partial charge < -0.3 is 0 Å². The van der Waals surface area contributed by atoms with Crippen LogP contribution in [0.15, 0.2) is 35.5 Å². The molecular weight excluding hydrogens is 324 g/mol. The van der Waals surface area contributed by atoms with E-state index in [2.05, 4.69) is 46.4 Å². The van der Waals surface area contributed by atoms with Gasteiger partial charge in [-0.2, -0.15) is 0 Å². The van der Waals surface area contributed by atoms with Crippen LogP contribution in [0.25, 0.3) is 0 Å². The van der Waals surface area contributed by atoms with E-state index in [0.29, 0.717) is 5.41 Å². The van der Waals surface area contributed by atoms with Gasteiger partial charge in [0, 0.05) is 0 Å². The van der Waals surface area contributed by atoms with Crippen molar-refractivity contribution in [3.63, 3.8) is 0 Å². The Bertz CT molecular complexity index is 575. The lowest BCUT2D eigenvalue weighted by atomic mass is 9.60. The molecule has 27 heavy (non-hydrogen) atoms. The van der Waals surface area contributed by atoms with Crippen molar-refractivity contribution in [3.8, 4) is 0 Å². The summed E-state index contributed by atoms with van der Waals surface area (Å²) in [5, 5.41) is 0. The molecule has 0 N–H and O–H groups in total. The van der Waals surface area contributed by atoms with Crippen LogP contribution in [0.5, 0.6) is 0 Å². The van der Waals surface area contributed by atoms with Gasteiger partial charge in [-0.1, -0.05) is 76.8 Å². The Labute approximate surface area is 169 Å². The maximum atomic E-state index is 4.32. The van der Waals surface area contributed by atoms with Gasteiger partial charge in [-0.05, 0) is 92.4 Å². The third-order valence-corrected chi connectivity index (χ3v) is 8.29. The highest BCUT2D eigenvalue weighted by Crippen LogP contribution is 2.59. The van der Waals surface area contributed by atoms with E-state index in [9.17, 15) is 0 Å². The monoisotopic (exact) mass is 368 g/mol. The lowest BCUT2D eigenvalue weighted by molar-refractivity contribution is 0.0929. The van der Waals surface area contributed by atoms with Gasteiger partial charge in [0.2, 0.25) is 0 Å². The molecule has 3 aliphatic carbocycles. The van der Waals surface area contributed by atoms with Gasteiger partial charge >= 0.3 is 0 Å². The van der Waals surface area contributed by atoms with E-state index in [4.69, 9.17) is 0 Å². The zero-order valence-corrected chi connectivity index (χ0v) is 18.7. The van der Waals surface area contributed by atoms with E-state index >= 15 is 0 Å². The molecule has 4 atom stereocenters. The first-order chi connectivity index (χ1) is 12.9. The van der Waals surface area contributed by atoms with Crippen molar-refractivity contribution in [3.05, 3.63) is 35.5 Å². The molecule has 3 aliphatic rings. The molecule has 152 valence electrons. The molecule has 0 nitrogen and oxygen atoms in total. The first-order valence-corrected chi connectivity index (χ1v) is 12.0. The molecule has 0 radical (unpaired) electrons. The molecule has 3 saturated carbocycles. The molecule has 3 fully saturated rings. The molecular formula is C27H44. The maximum Gasteiger partial charge on any atom is -0.0143 e. The van der Waals surface area contributed by atoms with Crippen LogP contribution in [0.2, 0.25) is 0 Å². The second kappa shape index (κ2) is 9.15. The quantitative estimate of drug-likeness (QED) is 0.440. The number of hydrogen-bond acceptors (Lipinski definition) is 0. The van der Waals surface area contributed by atoms with Crippen molar-refractivity contribution < 1.29 is 0 Å². The Kier molecular flexibility index (Phi) is 7.09. The number of fused-ring (bicyclic) bond motifs is 1. The van der Waals surface area contributed by atoms with E-state index in [0.717, 1.165) is 23.7 Å². The van der Waals surface area contributed by atoms with Crippen molar-refractivity contribution in [2.24, 2.45) is 29.1 Å². The fourth-order valence-electron chi connectivity index (χ4n) is 6.66. The van der Waals surface area contributed by atoms with E-state index in [-0.39, 0.29) is 0 Å². The van der Waals surface area contributed by atoms with Crippen LogP contribution in [-0.4, -0.2) is 0 Å². The number of rotatable bonds is 6. The van der Waals surface area contributed by atoms with Crippen molar-refractivity contribution in [2.45, 2.75) is 105 Å². The van der Waals surface area contributed by atoms with Gasteiger partial charge in [0.1, 0.15) is 0 Å². The molecule has 0 aromatic rings. The van der Waals surface area contributed by atoms with Gasteiger partial charge in [0.05, 0.1) is 0 Å². The molecule has 0 bridgehead atoms. The highest BCUT2D eigenvalue weighted by Gasteiger charge is 2.50. The maximum absolute atomic E-state index is 4.32. The predicted molar refractivity (Wildman–Crippen MR) is 120 cm³/mol. The SMILES string of the molecule is C=C1CCCCC1=C/C=C1\CCC[C@]2(C)[C@@H]([C@H](C)CCCC(C)C)CC[C@@H]12. The summed E-state index contributed by atoms with van der Waals surface area (Å²) >= 11 is 0. The van der Waals surface area contributed by atoms with E-state index in [1.807, 2.05) is 0 Å². The van der Waals surface area contributed by atoms with Gasteiger partial charge in [0.25, 0.3) is 0 Å². The van der Waals surface area contributed by atoms with Gasteiger partial charge in [-0.3, -0.25) is 0 Å². The van der Waals surface area contributed by atoms with Crippen LogP contribution in [0.1, 0.15) is 105 Å². The smallest absolute Gasteiger partial charge is 0.0143 e. The van der Waals surface area contributed by atoms with Crippen molar-refractivity contribution in [1.82, 2.24) is 0 Å². The second-order valence-electron chi connectivity index (χ2n) is 10.6. The zero-order chi connectivity index (χ0) is 19.4.